The normalized spacial score (nSPS) is 12.2. The van der Waals surface area contributed by atoms with Gasteiger partial charge in [-0.05, 0) is 53.7 Å². The molecular weight excluding hydrogens is 338 g/mol. The molecule has 0 aliphatic carbocycles. The van der Waals surface area contributed by atoms with Gasteiger partial charge in [-0.25, -0.2) is 0 Å². The smallest absolute Gasteiger partial charge is 0.133 e. The Bertz CT molecular complexity index is 571. The summed E-state index contributed by atoms with van der Waals surface area (Å²) in [6, 6.07) is 8.39. The Balaban J connectivity index is 2.29. The van der Waals surface area contributed by atoms with Gasteiger partial charge in [0.25, 0.3) is 0 Å². The number of nitrogens with one attached hydrogen (secondary N) is 1. The van der Waals surface area contributed by atoms with Crippen LogP contribution in [0.4, 0.5) is 0 Å². The quantitative estimate of drug-likeness (QED) is 0.840. The number of ether oxygens (including phenoxy) is 2. The number of hydrogen-bond acceptors (Lipinski definition) is 4. The predicted molar refractivity (Wildman–Crippen MR) is 87.1 cm³/mol. The zero-order valence-electron chi connectivity index (χ0n) is 11.8. The summed E-state index contributed by atoms with van der Waals surface area (Å²) in [5.74, 6) is 1.77. The van der Waals surface area contributed by atoms with E-state index in [0.29, 0.717) is 6.61 Å². The van der Waals surface area contributed by atoms with Crippen LogP contribution in [0.1, 0.15) is 23.4 Å². The molecular formula is C15H18BrNO2S. The average Bonchev–Trinajstić information content (AvgIpc) is 2.91. The fraction of sp³-hybridized carbons (Fsp3) is 0.333. The van der Waals surface area contributed by atoms with Crippen LogP contribution in [0.3, 0.4) is 0 Å². The Labute approximate surface area is 132 Å². The first-order chi connectivity index (χ1) is 9.69. The molecule has 1 N–H and O–H groups in total. The molecule has 0 radical (unpaired) electrons. The fourth-order valence-corrected chi connectivity index (χ4v) is 3.54. The van der Waals surface area contributed by atoms with Gasteiger partial charge in [-0.2, -0.15) is 0 Å². The molecule has 5 heteroatoms. The molecule has 108 valence electrons. The van der Waals surface area contributed by atoms with Gasteiger partial charge in [-0.15, -0.1) is 11.3 Å². The topological polar surface area (TPSA) is 30.5 Å². The van der Waals surface area contributed by atoms with Crippen LogP contribution in [0.25, 0.3) is 0 Å². The van der Waals surface area contributed by atoms with Crippen LogP contribution in [-0.2, 0) is 0 Å². The summed E-state index contributed by atoms with van der Waals surface area (Å²) < 4.78 is 11.8. The van der Waals surface area contributed by atoms with E-state index in [1.807, 2.05) is 25.4 Å². The Morgan fingerprint density at radius 3 is 2.70 bits per heavy atom. The molecule has 1 aromatic carbocycles. The van der Waals surface area contributed by atoms with Crippen molar-refractivity contribution >= 4 is 27.3 Å². The molecule has 0 fully saturated rings. The van der Waals surface area contributed by atoms with Gasteiger partial charge in [0, 0.05) is 10.3 Å². The first-order valence-electron chi connectivity index (χ1n) is 6.41. The molecule has 2 rings (SSSR count). The van der Waals surface area contributed by atoms with Crippen molar-refractivity contribution in [3.05, 3.63) is 44.6 Å². The largest absolute Gasteiger partial charge is 0.496 e. The van der Waals surface area contributed by atoms with Gasteiger partial charge in [0.15, 0.2) is 0 Å². The highest BCUT2D eigenvalue weighted by Crippen LogP contribution is 2.34. The SMILES string of the molecule is CCOc1ccc(C(NC)c2cc(OC)cs2)cc1Br. The fourth-order valence-electron chi connectivity index (χ4n) is 2.04. The van der Waals surface area contributed by atoms with Gasteiger partial charge in [-0.3, -0.25) is 0 Å². The van der Waals surface area contributed by atoms with Crippen molar-refractivity contribution in [2.45, 2.75) is 13.0 Å². The lowest BCUT2D eigenvalue weighted by Gasteiger charge is -2.16. The lowest BCUT2D eigenvalue weighted by atomic mass is 10.1. The minimum absolute atomic E-state index is 0.149. The van der Waals surface area contributed by atoms with Crippen LogP contribution in [0, 0.1) is 0 Å². The molecule has 1 heterocycles. The zero-order chi connectivity index (χ0) is 14.5. The van der Waals surface area contributed by atoms with Crippen molar-refractivity contribution in [3.63, 3.8) is 0 Å². The lowest BCUT2D eigenvalue weighted by Crippen LogP contribution is -2.16. The summed E-state index contributed by atoms with van der Waals surface area (Å²) in [6.45, 7) is 2.64. The van der Waals surface area contributed by atoms with Crippen LogP contribution in [0.15, 0.2) is 34.1 Å². The van der Waals surface area contributed by atoms with Crippen LogP contribution in [0.2, 0.25) is 0 Å². The van der Waals surface area contributed by atoms with Gasteiger partial charge in [0.1, 0.15) is 11.5 Å². The summed E-state index contributed by atoms with van der Waals surface area (Å²) in [5, 5.41) is 5.36. The first-order valence-corrected chi connectivity index (χ1v) is 8.08. The highest BCUT2D eigenvalue weighted by molar-refractivity contribution is 9.10. The van der Waals surface area contributed by atoms with Crippen LogP contribution >= 0.6 is 27.3 Å². The van der Waals surface area contributed by atoms with Crippen LogP contribution < -0.4 is 14.8 Å². The molecule has 0 amide bonds. The van der Waals surface area contributed by atoms with Crippen LogP contribution in [-0.4, -0.2) is 20.8 Å². The van der Waals surface area contributed by atoms with Crippen LogP contribution in [0.5, 0.6) is 11.5 Å². The predicted octanol–water partition coefficient (Wildman–Crippen LogP) is 4.23. The van der Waals surface area contributed by atoms with Gasteiger partial charge in [0.2, 0.25) is 0 Å². The minimum atomic E-state index is 0.149. The van der Waals surface area contributed by atoms with Crippen molar-refractivity contribution < 1.29 is 9.47 Å². The van der Waals surface area contributed by atoms with Gasteiger partial charge >= 0.3 is 0 Å². The number of rotatable bonds is 6. The molecule has 0 aliphatic heterocycles. The number of halogens is 1. The first kappa shape index (κ1) is 15.4. The monoisotopic (exact) mass is 355 g/mol. The second-order valence-corrected chi connectivity index (χ2v) is 6.03. The van der Waals surface area contributed by atoms with E-state index < -0.39 is 0 Å². The molecule has 0 spiro atoms. The minimum Gasteiger partial charge on any atom is -0.496 e. The third-order valence-electron chi connectivity index (χ3n) is 2.99. The summed E-state index contributed by atoms with van der Waals surface area (Å²) in [6.07, 6.45) is 0. The molecule has 3 nitrogen and oxygen atoms in total. The van der Waals surface area contributed by atoms with Crippen molar-refractivity contribution in [3.8, 4) is 11.5 Å². The molecule has 2 aromatic rings. The summed E-state index contributed by atoms with van der Waals surface area (Å²) >= 11 is 5.25. The number of hydrogen-bond donors (Lipinski definition) is 1. The van der Waals surface area contributed by atoms with E-state index in [0.717, 1.165) is 16.0 Å². The molecule has 1 unspecified atom stereocenters. The van der Waals surface area contributed by atoms with Crippen molar-refractivity contribution in [1.29, 1.82) is 0 Å². The van der Waals surface area contributed by atoms with Gasteiger partial charge in [0.05, 0.1) is 24.2 Å². The van der Waals surface area contributed by atoms with Gasteiger partial charge < -0.3 is 14.8 Å². The van der Waals surface area contributed by atoms with E-state index in [1.54, 1.807) is 18.4 Å². The maximum absolute atomic E-state index is 5.55. The Morgan fingerprint density at radius 2 is 2.15 bits per heavy atom. The van der Waals surface area contributed by atoms with E-state index in [9.17, 15) is 0 Å². The molecule has 0 aliphatic rings. The van der Waals surface area contributed by atoms with E-state index in [-0.39, 0.29) is 6.04 Å². The second-order valence-electron chi connectivity index (χ2n) is 4.23. The van der Waals surface area contributed by atoms with E-state index >= 15 is 0 Å². The summed E-state index contributed by atoms with van der Waals surface area (Å²) in [7, 11) is 3.65. The maximum atomic E-state index is 5.55. The van der Waals surface area contributed by atoms with E-state index in [4.69, 9.17) is 9.47 Å². The second kappa shape index (κ2) is 7.11. The van der Waals surface area contributed by atoms with Crippen molar-refractivity contribution in [2.75, 3.05) is 20.8 Å². The maximum Gasteiger partial charge on any atom is 0.133 e. The molecule has 0 saturated heterocycles. The Morgan fingerprint density at radius 1 is 1.35 bits per heavy atom. The third-order valence-corrected chi connectivity index (χ3v) is 4.59. The standard InChI is InChI=1S/C15H18BrNO2S/c1-4-19-13-6-5-10(7-12(13)16)15(17-2)14-8-11(18-3)9-20-14/h5-9,15,17H,4H2,1-3H3. The molecule has 0 saturated carbocycles. The number of benzene rings is 1. The zero-order valence-corrected chi connectivity index (χ0v) is 14.2. The highest BCUT2D eigenvalue weighted by Gasteiger charge is 2.16. The molecule has 0 bridgehead atoms. The number of methoxy groups -OCH3 is 1. The van der Waals surface area contributed by atoms with Crippen molar-refractivity contribution in [2.24, 2.45) is 0 Å². The lowest BCUT2D eigenvalue weighted by molar-refractivity contribution is 0.338. The molecule has 20 heavy (non-hydrogen) atoms. The number of thiophene rings is 1. The average molecular weight is 356 g/mol. The van der Waals surface area contributed by atoms with Crippen molar-refractivity contribution in [1.82, 2.24) is 5.32 Å². The van der Waals surface area contributed by atoms with Gasteiger partial charge in [-0.1, -0.05) is 6.07 Å². The van der Waals surface area contributed by atoms with E-state index in [1.165, 1.54) is 10.4 Å². The summed E-state index contributed by atoms with van der Waals surface area (Å²) in [4.78, 5) is 1.22. The third kappa shape index (κ3) is 3.34. The summed E-state index contributed by atoms with van der Waals surface area (Å²) in [5.41, 5.74) is 1.19. The van der Waals surface area contributed by atoms with E-state index in [2.05, 4.69) is 39.4 Å². The molecule has 1 atom stereocenters. The molecule has 1 aromatic heterocycles. The Hall–Kier alpha value is -1.04. The Kier molecular flexibility index (Phi) is 5.46. The highest BCUT2D eigenvalue weighted by atomic mass is 79.9.